The van der Waals surface area contributed by atoms with Crippen molar-refractivity contribution in [1.29, 1.82) is 0 Å². The maximum atomic E-state index is 3.61. The highest BCUT2D eigenvalue weighted by Gasteiger charge is 2.49. The Bertz CT molecular complexity index is 2760. The molecule has 0 unspecified atom stereocenters. The van der Waals surface area contributed by atoms with E-state index in [9.17, 15) is 0 Å². The molecule has 1 spiro atoms. The second-order valence-corrected chi connectivity index (χ2v) is 15.8. The van der Waals surface area contributed by atoms with Crippen molar-refractivity contribution in [3.05, 3.63) is 204 Å². The highest BCUT2D eigenvalue weighted by atomic mass is 32.2. The Morgan fingerprint density at radius 1 is 0.538 bits per heavy atom. The lowest BCUT2D eigenvalue weighted by Gasteiger charge is -2.46. The second-order valence-electron chi connectivity index (χ2n) is 13.6. The van der Waals surface area contributed by atoms with E-state index in [1.54, 1.807) is 0 Å². The lowest BCUT2D eigenvalue weighted by molar-refractivity contribution is 0.667. The molecule has 11 rings (SSSR count). The molecule has 0 radical (unpaired) electrons. The minimum Gasteiger partial charge on any atom is -0.381 e. The van der Waals surface area contributed by atoms with Gasteiger partial charge in [-0.1, -0.05) is 157 Å². The van der Waals surface area contributed by atoms with Crippen molar-refractivity contribution < 1.29 is 0 Å². The van der Waals surface area contributed by atoms with Crippen molar-refractivity contribution in [2.45, 2.75) is 25.0 Å². The standard InChI is InChI=1S/C48H32N2S2/c1-2-14-32(15-3-1)50-42-24-7-4-16-33(42)34-17-12-18-35(46(34)50)36-19-13-22-40-47(36)52-45-30-31(41-23-10-11-29-49-41)27-28-39(45)48(40)37-20-5-8-25-43(37)51-44-26-9-6-21-38(44)48/h1-28,30,49H,29H2. The summed E-state index contributed by atoms with van der Waals surface area (Å²) in [5, 5.41) is 6.14. The lowest BCUT2D eigenvalue weighted by Crippen LogP contribution is -2.37. The van der Waals surface area contributed by atoms with Crippen LogP contribution in [0.4, 0.5) is 0 Å². The predicted octanol–water partition coefficient (Wildman–Crippen LogP) is 12.3. The Labute approximate surface area is 311 Å². The Balaban J connectivity index is 1.26. The molecule has 4 heteroatoms. The molecule has 0 atom stereocenters. The second kappa shape index (κ2) is 11.7. The minimum atomic E-state index is -0.489. The van der Waals surface area contributed by atoms with Crippen molar-refractivity contribution in [2.24, 2.45) is 0 Å². The van der Waals surface area contributed by atoms with E-state index in [0.717, 1.165) is 12.2 Å². The predicted molar refractivity (Wildman–Crippen MR) is 218 cm³/mol. The zero-order valence-electron chi connectivity index (χ0n) is 28.2. The molecular weight excluding hydrogens is 669 g/mol. The minimum absolute atomic E-state index is 0.489. The number of nitrogens with zero attached hydrogens (tertiary/aromatic N) is 1. The van der Waals surface area contributed by atoms with E-state index in [2.05, 4.69) is 186 Å². The van der Waals surface area contributed by atoms with Gasteiger partial charge in [-0.15, -0.1) is 0 Å². The third-order valence-electron chi connectivity index (χ3n) is 10.9. The third-order valence-corrected chi connectivity index (χ3v) is 13.3. The summed E-state index contributed by atoms with van der Waals surface area (Å²) in [6, 6.07) is 58.9. The average Bonchev–Trinajstić information content (AvgIpc) is 3.56. The van der Waals surface area contributed by atoms with E-state index in [1.165, 1.54) is 86.0 Å². The van der Waals surface area contributed by atoms with Gasteiger partial charge >= 0.3 is 0 Å². The molecule has 0 aliphatic carbocycles. The van der Waals surface area contributed by atoms with E-state index in [1.807, 2.05) is 23.5 Å². The number of nitrogens with one attached hydrogen (secondary N) is 1. The van der Waals surface area contributed by atoms with Gasteiger partial charge in [-0.3, -0.25) is 0 Å². The summed E-state index contributed by atoms with van der Waals surface area (Å²) in [7, 11) is 0. The van der Waals surface area contributed by atoms with Crippen LogP contribution in [-0.4, -0.2) is 11.1 Å². The zero-order chi connectivity index (χ0) is 34.2. The Morgan fingerprint density at radius 2 is 1.21 bits per heavy atom. The molecule has 0 saturated heterocycles. The van der Waals surface area contributed by atoms with Crippen LogP contribution in [0.15, 0.2) is 196 Å². The summed E-state index contributed by atoms with van der Waals surface area (Å²) in [6.07, 6.45) is 6.51. The lowest BCUT2D eigenvalue weighted by atomic mass is 9.64. The first-order chi connectivity index (χ1) is 25.8. The Hall–Kier alpha value is -5.68. The van der Waals surface area contributed by atoms with E-state index in [4.69, 9.17) is 0 Å². The number of benzene rings is 7. The molecule has 0 fully saturated rings. The van der Waals surface area contributed by atoms with Crippen LogP contribution >= 0.6 is 23.5 Å². The van der Waals surface area contributed by atoms with Gasteiger partial charge in [0.1, 0.15) is 0 Å². The summed E-state index contributed by atoms with van der Waals surface area (Å²) >= 11 is 3.82. The van der Waals surface area contributed by atoms with E-state index in [-0.39, 0.29) is 0 Å². The van der Waals surface area contributed by atoms with Crippen molar-refractivity contribution in [3.8, 4) is 16.8 Å². The molecule has 4 heterocycles. The first kappa shape index (κ1) is 30.0. The van der Waals surface area contributed by atoms with E-state index < -0.39 is 5.41 Å². The largest absolute Gasteiger partial charge is 0.381 e. The number of dihydropyridines is 1. The van der Waals surface area contributed by atoms with Crippen LogP contribution < -0.4 is 5.32 Å². The summed E-state index contributed by atoms with van der Waals surface area (Å²) in [5.74, 6) is 0. The summed E-state index contributed by atoms with van der Waals surface area (Å²) in [4.78, 5) is 5.23. The number of aromatic nitrogens is 1. The average molecular weight is 701 g/mol. The van der Waals surface area contributed by atoms with Gasteiger partial charge in [-0.2, -0.15) is 0 Å². The van der Waals surface area contributed by atoms with Gasteiger partial charge in [0.05, 0.1) is 16.4 Å². The van der Waals surface area contributed by atoms with E-state index in [0.29, 0.717) is 0 Å². The van der Waals surface area contributed by atoms with Gasteiger partial charge in [-0.25, -0.2) is 0 Å². The van der Waals surface area contributed by atoms with Crippen LogP contribution in [0.5, 0.6) is 0 Å². The van der Waals surface area contributed by atoms with Crippen LogP contribution in [0.3, 0.4) is 0 Å². The molecule has 1 aromatic heterocycles. The van der Waals surface area contributed by atoms with Crippen molar-refractivity contribution in [2.75, 3.05) is 6.54 Å². The molecule has 7 aromatic carbocycles. The van der Waals surface area contributed by atoms with Gasteiger partial charge in [0, 0.05) is 53.8 Å². The molecule has 0 amide bonds. The van der Waals surface area contributed by atoms with Gasteiger partial charge in [-0.05, 0) is 75.9 Å². The van der Waals surface area contributed by atoms with Crippen molar-refractivity contribution in [3.63, 3.8) is 0 Å². The fourth-order valence-electron chi connectivity index (χ4n) is 8.81. The first-order valence-corrected chi connectivity index (χ1v) is 19.5. The fourth-order valence-corrected chi connectivity index (χ4v) is 11.4. The Morgan fingerprint density at radius 3 is 2.02 bits per heavy atom. The number of para-hydroxylation sites is 3. The maximum absolute atomic E-state index is 3.61. The monoisotopic (exact) mass is 700 g/mol. The molecule has 246 valence electrons. The van der Waals surface area contributed by atoms with E-state index >= 15 is 0 Å². The molecule has 1 N–H and O–H groups in total. The summed E-state index contributed by atoms with van der Waals surface area (Å²) < 4.78 is 2.46. The number of hydrogen-bond donors (Lipinski definition) is 1. The van der Waals surface area contributed by atoms with Gasteiger partial charge < -0.3 is 9.88 Å². The molecule has 2 nitrogen and oxygen atoms in total. The third kappa shape index (κ3) is 4.22. The van der Waals surface area contributed by atoms with Gasteiger partial charge in [0.2, 0.25) is 0 Å². The maximum Gasteiger partial charge on any atom is 0.0745 e. The molecule has 0 saturated carbocycles. The molecule has 52 heavy (non-hydrogen) atoms. The van der Waals surface area contributed by atoms with Crippen LogP contribution in [0.25, 0.3) is 44.3 Å². The number of rotatable bonds is 3. The first-order valence-electron chi connectivity index (χ1n) is 17.8. The molecule has 3 aliphatic rings. The zero-order valence-corrected chi connectivity index (χ0v) is 29.8. The van der Waals surface area contributed by atoms with Crippen LogP contribution in [0.2, 0.25) is 0 Å². The van der Waals surface area contributed by atoms with Crippen LogP contribution in [0, 0.1) is 0 Å². The fraction of sp³-hybridized carbons (Fsp3) is 0.0417. The van der Waals surface area contributed by atoms with Gasteiger partial charge in [0.25, 0.3) is 0 Å². The number of allylic oxidation sites excluding steroid dienone is 2. The van der Waals surface area contributed by atoms with Crippen LogP contribution in [0.1, 0.15) is 27.8 Å². The molecular formula is C48H32N2S2. The molecule has 0 bridgehead atoms. The smallest absolute Gasteiger partial charge is 0.0745 e. The van der Waals surface area contributed by atoms with Crippen molar-refractivity contribution >= 4 is 51.0 Å². The molecule has 8 aromatic rings. The highest BCUT2D eigenvalue weighted by molar-refractivity contribution is 8.00. The number of fused-ring (bicyclic) bond motifs is 11. The highest BCUT2D eigenvalue weighted by Crippen LogP contribution is 2.63. The number of hydrogen-bond acceptors (Lipinski definition) is 3. The summed E-state index contributed by atoms with van der Waals surface area (Å²) in [5.41, 5.74) is 13.4. The SMILES string of the molecule is C1=CCNC(c2ccc3c(c2)Sc2c(-c4cccc5c6ccccc6n(-c6ccccc6)c45)cccc2C32c3ccccc3Sc3ccccc32)=C1. The van der Waals surface area contributed by atoms with Gasteiger partial charge in [0.15, 0.2) is 0 Å². The molecule has 3 aliphatic heterocycles. The van der Waals surface area contributed by atoms with Crippen molar-refractivity contribution in [1.82, 2.24) is 9.88 Å². The topological polar surface area (TPSA) is 17.0 Å². The quantitative estimate of drug-likeness (QED) is 0.198. The Kier molecular flexibility index (Phi) is 6.73. The van der Waals surface area contributed by atoms with Crippen LogP contribution in [-0.2, 0) is 5.41 Å². The normalized spacial score (nSPS) is 15.0. The summed E-state index contributed by atoms with van der Waals surface area (Å²) in [6.45, 7) is 0.838.